The fraction of sp³-hybridized carbons (Fsp3) is 0.385. The molecule has 1 atom stereocenters. The molecule has 8 nitrogen and oxygen atoms in total. The van der Waals surface area contributed by atoms with Gasteiger partial charge in [-0.1, -0.05) is 12.1 Å². The minimum absolute atomic E-state index is 0.0877. The molecule has 0 unspecified atom stereocenters. The van der Waals surface area contributed by atoms with Crippen LogP contribution in [0.3, 0.4) is 0 Å². The van der Waals surface area contributed by atoms with Gasteiger partial charge < -0.3 is 14.6 Å². The highest BCUT2D eigenvalue weighted by atomic mass is 19.1. The summed E-state index contributed by atoms with van der Waals surface area (Å²) in [6.45, 7) is 3.41. The Labute approximate surface area is 202 Å². The Kier molecular flexibility index (Phi) is 6.55. The van der Waals surface area contributed by atoms with E-state index in [2.05, 4.69) is 9.47 Å². The van der Waals surface area contributed by atoms with Crippen LogP contribution in [-0.2, 0) is 13.0 Å². The number of hydroxylamine groups is 1. The number of halogens is 1. The third-order valence-electron chi connectivity index (χ3n) is 7.28. The van der Waals surface area contributed by atoms with Crippen molar-refractivity contribution in [1.82, 2.24) is 19.8 Å². The highest BCUT2D eigenvalue weighted by Crippen LogP contribution is 2.32. The van der Waals surface area contributed by atoms with Crippen LogP contribution in [0.4, 0.5) is 4.39 Å². The van der Waals surface area contributed by atoms with E-state index in [-0.39, 0.29) is 24.4 Å². The third kappa shape index (κ3) is 4.42. The van der Waals surface area contributed by atoms with Crippen LogP contribution in [0.1, 0.15) is 44.8 Å². The molecule has 0 bridgehead atoms. The number of nitrogens with one attached hydrogen (secondary N) is 1. The number of aliphatic hydroxyl groups excluding tert-OH is 1. The SMILES string of the molecule is O=C(NO)c1ccc(Cn2c3c(c4cc(F)ccc42)C(=O)N(CCN2CCC[C@H]2CO)CC3)cc1. The lowest BCUT2D eigenvalue weighted by Crippen LogP contribution is -2.44. The Morgan fingerprint density at radius 2 is 1.91 bits per heavy atom. The molecule has 3 N–H and O–H groups in total. The number of aromatic nitrogens is 1. The van der Waals surface area contributed by atoms with Crippen molar-refractivity contribution in [2.24, 2.45) is 0 Å². The number of benzene rings is 2. The minimum atomic E-state index is -0.583. The van der Waals surface area contributed by atoms with Crippen molar-refractivity contribution in [2.75, 3.05) is 32.8 Å². The zero-order valence-electron chi connectivity index (χ0n) is 19.4. The number of hydrogen-bond donors (Lipinski definition) is 3. The molecule has 9 heteroatoms. The number of rotatable bonds is 7. The second-order valence-corrected chi connectivity index (χ2v) is 9.26. The van der Waals surface area contributed by atoms with Gasteiger partial charge in [0.15, 0.2) is 0 Å². The number of hydrogen-bond acceptors (Lipinski definition) is 5. The highest BCUT2D eigenvalue weighted by Gasteiger charge is 2.32. The maximum atomic E-state index is 14.2. The quantitative estimate of drug-likeness (QED) is 0.356. The van der Waals surface area contributed by atoms with Crippen LogP contribution in [-0.4, -0.2) is 75.3 Å². The number of amides is 2. The summed E-state index contributed by atoms with van der Waals surface area (Å²) in [6, 6.07) is 11.6. The Bertz CT molecular complexity index is 1260. The lowest BCUT2D eigenvalue weighted by molar-refractivity contribution is 0.0698. The molecule has 0 saturated carbocycles. The monoisotopic (exact) mass is 480 g/mol. The van der Waals surface area contributed by atoms with E-state index in [1.54, 1.807) is 35.8 Å². The highest BCUT2D eigenvalue weighted by molar-refractivity contribution is 6.09. The fourth-order valence-corrected chi connectivity index (χ4v) is 5.43. The Morgan fingerprint density at radius 1 is 1.11 bits per heavy atom. The zero-order valence-corrected chi connectivity index (χ0v) is 19.4. The Balaban J connectivity index is 1.43. The number of carbonyl (C=O) groups excluding carboxylic acids is 2. The molecule has 2 aliphatic rings. The third-order valence-corrected chi connectivity index (χ3v) is 7.28. The summed E-state index contributed by atoms with van der Waals surface area (Å²) in [6.07, 6.45) is 2.69. The van der Waals surface area contributed by atoms with Crippen LogP contribution in [0, 0.1) is 5.82 Å². The molecule has 3 heterocycles. The molecule has 1 aromatic heterocycles. The molecule has 1 fully saturated rings. The zero-order chi connectivity index (χ0) is 24.5. The summed E-state index contributed by atoms with van der Waals surface area (Å²) in [4.78, 5) is 29.3. The van der Waals surface area contributed by atoms with Crippen molar-refractivity contribution in [3.05, 3.63) is 70.7 Å². The first-order chi connectivity index (χ1) is 17.0. The van der Waals surface area contributed by atoms with E-state index in [1.807, 2.05) is 4.90 Å². The van der Waals surface area contributed by atoms with Gasteiger partial charge in [-0.15, -0.1) is 0 Å². The molecule has 3 aromatic rings. The predicted molar refractivity (Wildman–Crippen MR) is 128 cm³/mol. The molecule has 2 amide bonds. The van der Waals surface area contributed by atoms with E-state index in [4.69, 9.17) is 5.21 Å². The molecule has 35 heavy (non-hydrogen) atoms. The molecular formula is C26H29FN4O4. The molecule has 0 radical (unpaired) electrons. The van der Waals surface area contributed by atoms with Gasteiger partial charge in [0, 0.05) is 60.8 Å². The molecule has 1 saturated heterocycles. The van der Waals surface area contributed by atoms with E-state index >= 15 is 0 Å². The van der Waals surface area contributed by atoms with Crippen molar-refractivity contribution in [1.29, 1.82) is 0 Å². The van der Waals surface area contributed by atoms with Gasteiger partial charge in [0.05, 0.1) is 12.2 Å². The fourth-order valence-electron chi connectivity index (χ4n) is 5.43. The first-order valence-electron chi connectivity index (χ1n) is 12.0. The summed E-state index contributed by atoms with van der Waals surface area (Å²) in [5.41, 5.74) is 5.12. The molecule has 184 valence electrons. The van der Waals surface area contributed by atoms with Crippen LogP contribution >= 0.6 is 0 Å². The average molecular weight is 481 g/mol. The Hall–Kier alpha value is -3.27. The topological polar surface area (TPSA) is 98.0 Å². The molecule has 0 aliphatic carbocycles. The normalized spacial score (nSPS) is 18.3. The number of fused-ring (bicyclic) bond motifs is 3. The molecule has 2 aliphatic heterocycles. The largest absolute Gasteiger partial charge is 0.395 e. The smallest absolute Gasteiger partial charge is 0.274 e. The summed E-state index contributed by atoms with van der Waals surface area (Å²) >= 11 is 0. The first kappa shape index (κ1) is 23.5. The van der Waals surface area contributed by atoms with E-state index < -0.39 is 5.91 Å². The maximum absolute atomic E-state index is 14.2. The van der Waals surface area contributed by atoms with Crippen LogP contribution in [0.5, 0.6) is 0 Å². The van der Waals surface area contributed by atoms with Crippen LogP contribution < -0.4 is 5.48 Å². The predicted octanol–water partition coefficient (Wildman–Crippen LogP) is 2.40. The van der Waals surface area contributed by atoms with Crippen LogP contribution in [0.15, 0.2) is 42.5 Å². The van der Waals surface area contributed by atoms with Gasteiger partial charge in [-0.2, -0.15) is 0 Å². The summed E-state index contributed by atoms with van der Waals surface area (Å²) in [7, 11) is 0. The van der Waals surface area contributed by atoms with Gasteiger partial charge in [0.25, 0.3) is 11.8 Å². The van der Waals surface area contributed by atoms with Crippen molar-refractivity contribution < 1.29 is 24.3 Å². The van der Waals surface area contributed by atoms with Gasteiger partial charge in [-0.05, 0) is 55.3 Å². The van der Waals surface area contributed by atoms with E-state index in [0.29, 0.717) is 49.1 Å². The maximum Gasteiger partial charge on any atom is 0.274 e. The van der Waals surface area contributed by atoms with Gasteiger partial charge in [-0.3, -0.25) is 19.7 Å². The minimum Gasteiger partial charge on any atom is -0.395 e. The first-order valence-corrected chi connectivity index (χ1v) is 12.0. The van der Waals surface area contributed by atoms with E-state index in [0.717, 1.165) is 36.2 Å². The van der Waals surface area contributed by atoms with Crippen molar-refractivity contribution in [3.63, 3.8) is 0 Å². The molecule has 0 spiro atoms. The van der Waals surface area contributed by atoms with Gasteiger partial charge in [0.2, 0.25) is 0 Å². The summed E-state index contributed by atoms with van der Waals surface area (Å²) < 4.78 is 16.3. The molecule has 5 rings (SSSR count). The van der Waals surface area contributed by atoms with Gasteiger partial charge in [-0.25, -0.2) is 9.87 Å². The average Bonchev–Trinajstić information content (AvgIpc) is 3.46. The number of carbonyl (C=O) groups is 2. The summed E-state index contributed by atoms with van der Waals surface area (Å²) in [5, 5.41) is 19.0. The molecule has 2 aromatic carbocycles. The lowest BCUT2D eigenvalue weighted by atomic mass is 10.0. The second kappa shape index (κ2) is 9.77. The Morgan fingerprint density at radius 3 is 2.66 bits per heavy atom. The molecular weight excluding hydrogens is 451 g/mol. The second-order valence-electron chi connectivity index (χ2n) is 9.26. The standard InChI is InChI=1S/C26H29FN4O4/c27-19-7-8-22-21(14-19)24-23(31(22)15-17-3-5-18(6-4-17)25(33)28-35)9-11-30(26(24)34)13-12-29-10-1-2-20(29)16-32/h3-8,14,20,32,35H,1-2,9-13,15-16H2,(H,28,33)/t20-/m0/s1. The van der Waals surface area contributed by atoms with Crippen molar-refractivity contribution >= 4 is 22.7 Å². The van der Waals surface area contributed by atoms with Crippen molar-refractivity contribution in [3.8, 4) is 0 Å². The lowest BCUT2D eigenvalue weighted by Gasteiger charge is -2.31. The van der Waals surface area contributed by atoms with Gasteiger partial charge >= 0.3 is 0 Å². The van der Waals surface area contributed by atoms with E-state index in [9.17, 15) is 19.1 Å². The number of nitrogens with zero attached hydrogens (tertiary/aromatic N) is 3. The number of likely N-dealkylation sites (tertiary alicyclic amines) is 1. The van der Waals surface area contributed by atoms with Gasteiger partial charge in [0.1, 0.15) is 5.82 Å². The van der Waals surface area contributed by atoms with Crippen molar-refractivity contribution in [2.45, 2.75) is 31.8 Å². The van der Waals surface area contributed by atoms with Crippen LogP contribution in [0.2, 0.25) is 0 Å². The van der Waals surface area contributed by atoms with Crippen LogP contribution in [0.25, 0.3) is 10.9 Å². The van der Waals surface area contributed by atoms with E-state index in [1.165, 1.54) is 12.1 Å². The summed E-state index contributed by atoms with van der Waals surface area (Å²) in [5.74, 6) is -1.05. The number of aliphatic hydroxyl groups is 1.